The molecule has 4 nitrogen and oxygen atoms in total. The summed E-state index contributed by atoms with van der Waals surface area (Å²) in [4.78, 5) is 11.0. The molecular formula is C12H14FNO3. The van der Waals surface area contributed by atoms with Crippen molar-refractivity contribution in [2.24, 2.45) is 5.92 Å². The summed E-state index contributed by atoms with van der Waals surface area (Å²) in [6, 6.07) is 3.12. The van der Waals surface area contributed by atoms with E-state index in [0.717, 1.165) is 18.9 Å². The third-order valence-corrected chi connectivity index (χ3v) is 2.83. The molecule has 2 rings (SSSR count). The lowest BCUT2D eigenvalue weighted by atomic mass is 10.1. The molecule has 0 heterocycles. The Hall–Kier alpha value is -1.62. The Balaban J connectivity index is 1.98. The molecule has 1 aromatic rings. The van der Waals surface area contributed by atoms with Gasteiger partial charge in [0, 0.05) is 12.6 Å². The molecule has 0 spiro atoms. The molecule has 1 fully saturated rings. The number of phenols is 1. The second-order valence-corrected chi connectivity index (χ2v) is 4.35. The molecule has 0 aliphatic heterocycles. The van der Waals surface area contributed by atoms with Gasteiger partial charge in [-0.05, 0) is 36.5 Å². The van der Waals surface area contributed by atoms with E-state index in [2.05, 4.69) is 5.32 Å². The first-order chi connectivity index (χ1) is 8.06. The fourth-order valence-corrected chi connectivity index (χ4v) is 1.85. The molecule has 1 aliphatic carbocycles. The van der Waals surface area contributed by atoms with Gasteiger partial charge in [-0.3, -0.25) is 4.79 Å². The largest absolute Gasteiger partial charge is 0.508 e. The standard InChI is InChI=1S/C12H14FNO3/c13-9-3-7(4-10(15)5-9)6-14-11(12(16)17)8-1-2-8/h3-5,8,11,14-15H,1-2,6H2,(H,16,17). The highest BCUT2D eigenvalue weighted by atomic mass is 19.1. The van der Waals surface area contributed by atoms with Crippen LogP contribution in [0.3, 0.4) is 0 Å². The van der Waals surface area contributed by atoms with Gasteiger partial charge in [0.25, 0.3) is 0 Å². The van der Waals surface area contributed by atoms with Crippen molar-refractivity contribution in [3.63, 3.8) is 0 Å². The molecule has 0 radical (unpaired) electrons. The lowest BCUT2D eigenvalue weighted by molar-refractivity contribution is -0.140. The first-order valence-corrected chi connectivity index (χ1v) is 5.51. The average Bonchev–Trinajstić information content (AvgIpc) is 3.00. The topological polar surface area (TPSA) is 69.6 Å². The van der Waals surface area contributed by atoms with Crippen molar-refractivity contribution < 1.29 is 19.4 Å². The second-order valence-electron chi connectivity index (χ2n) is 4.35. The van der Waals surface area contributed by atoms with Gasteiger partial charge >= 0.3 is 5.97 Å². The van der Waals surface area contributed by atoms with Crippen LogP contribution in [0.15, 0.2) is 18.2 Å². The molecule has 17 heavy (non-hydrogen) atoms. The van der Waals surface area contributed by atoms with Crippen LogP contribution in [0.4, 0.5) is 4.39 Å². The molecule has 1 aliphatic rings. The quantitative estimate of drug-likeness (QED) is 0.728. The minimum absolute atomic E-state index is 0.153. The van der Waals surface area contributed by atoms with Crippen LogP contribution in [0.2, 0.25) is 0 Å². The Morgan fingerprint density at radius 3 is 2.71 bits per heavy atom. The van der Waals surface area contributed by atoms with Crippen LogP contribution < -0.4 is 5.32 Å². The van der Waals surface area contributed by atoms with Crippen molar-refractivity contribution >= 4 is 5.97 Å². The van der Waals surface area contributed by atoms with Crippen molar-refractivity contribution in [3.8, 4) is 5.75 Å². The van der Waals surface area contributed by atoms with Gasteiger partial charge in [0.2, 0.25) is 0 Å². The molecule has 0 saturated heterocycles. The van der Waals surface area contributed by atoms with E-state index in [9.17, 15) is 14.3 Å². The van der Waals surface area contributed by atoms with Gasteiger partial charge in [-0.1, -0.05) is 0 Å². The molecule has 0 aromatic heterocycles. The van der Waals surface area contributed by atoms with E-state index in [4.69, 9.17) is 5.11 Å². The normalized spacial score (nSPS) is 16.8. The summed E-state index contributed by atoms with van der Waals surface area (Å²) < 4.78 is 13.0. The molecule has 1 saturated carbocycles. The number of phenolic OH excluding ortho intramolecular Hbond substituents is 1. The summed E-state index contributed by atoms with van der Waals surface area (Å²) in [5, 5.41) is 21.1. The van der Waals surface area contributed by atoms with Crippen molar-refractivity contribution in [3.05, 3.63) is 29.6 Å². The van der Waals surface area contributed by atoms with Gasteiger partial charge in [-0.2, -0.15) is 0 Å². The Labute approximate surface area is 98.1 Å². The highest BCUT2D eigenvalue weighted by Gasteiger charge is 2.35. The number of carboxylic acid groups (broad SMARTS) is 1. The fraction of sp³-hybridized carbons (Fsp3) is 0.417. The maximum Gasteiger partial charge on any atom is 0.320 e. The van der Waals surface area contributed by atoms with Crippen LogP contribution in [0.25, 0.3) is 0 Å². The van der Waals surface area contributed by atoms with Gasteiger partial charge < -0.3 is 15.5 Å². The van der Waals surface area contributed by atoms with E-state index in [1.54, 1.807) is 0 Å². The summed E-state index contributed by atoms with van der Waals surface area (Å²) in [6.45, 7) is 0.235. The molecule has 1 atom stereocenters. The first-order valence-electron chi connectivity index (χ1n) is 5.51. The maximum atomic E-state index is 13.0. The Bertz CT molecular complexity index is 412. The Kier molecular flexibility index (Phi) is 3.28. The summed E-state index contributed by atoms with van der Waals surface area (Å²) in [5.74, 6) is -1.39. The van der Waals surface area contributed by atoms with E-state index in [1.807, 2.05) is 0 Å². The molecule has 1 unspecified atom stereocenters. The first kappa shape index (κ1) is 11.9. The molecule has 92 valence electrons. The predicted octanol–water partition coefficient (Wildman–Crippen LogP) is 1.48. The van der Waals surface area contributed by atoms with Crippen molar-refractivity contribution in [1.82, 2.24) is 5.32 Å². The average molecular weight is 239 g/mol. The number of nitrogens with one attached hydrogen (secondary N) is 1. The SMILES string of the molecule is O=C(O)C(NCc1cc(O)cc(F)c1)C1CC1. The van der Waals surface area contributed by atoms with Crippen LogP contribution in [-0.4, -0.2) is 22.2 Å². The molecule has 0 amide bonds. The van der Waals surface area contributed by atoms with Crippen LogP contribution in [0, 0.1) is 11.7 Å². The Morgan fingerprint density at radius 2 is 2.18 bits per heavy atom. The van der Waals surface area contributed by atoms with E-state index in [1.165, 1.54) is 12.1 Å². The van der Waals surface area contributed by atoms with Gasteiger partial charge in [0.05, 0.1) is 0 Å². The van der Waals surface area contributed by atoms with E-state index < -0.39 is 17.8 Å². The third kappa shape index (κ3) is 3.17. The zero-order valence-electron chi connectivity index (χ0n) is 9.19. The number of hydrogen-bond donors (Lipinski definition) is 3. The maximum absolute atomic E-state index is 13.0. The van der Waals surface area contributed by atoms with Gasteiger partial charge in [-0.15, -0.1) is 0 Å². The van der Waals surface area contributed by atoms with E-state index in [0.29, 0.717) is 5.56 Å². The molecule has 3 N–H and O–H groups in total. The predicted molar refractivity (Wildman–Crippen MR) is 59.1 cm³/mol. The van der Waals surface area contributed by atoms with Crippen molar-refractivity contribution in [1.29, 1.82) is 0 Å². The highest BCUT2D eigenvalue weighted by molar-refractivity contribution is 5.74. The number of aliphatic carboxylic acids is 1. The van der Waals surface area contributed by atoms with Crippen LogP contribution in [0.1, 0.15) is 18.4 Å². The Morgan fingerprint density at radius 1 is 1.47 bits per heavy atom. The molecule has 0 bridgehead atoms. The van der Waals surface area contributed by atoms with Crippen molar-refractivity contribution in [2.45, 2.75) is 25.4 Å². The summed E-state index contributed by atoms with van der Waals surface area (Å²) in [5.41, 5.74) is 0.536. The lowest BCUT2D eigenvalue weighted by Crippen LogP contribution is -2.38. The van der Waals surface area contributed by atoms with Crippen LogP contribution in [0.5, 0.6) is 5.75 Å². The number of aromatic hydroxyl groups is 1. The highest BCUT2D eigenvalue weighted by Crippen LogP contribution is 2.32. The monoisotopic (exact) mass is 239 g/mol. The minimum atomic E-state index is -0.881. The minimum Gasteiger partial charge on any atom is -0.508 e. The number of carbonyl (C=O) groups is 1. The summed E-state index contributed by atoms with van der Waals surface area (Å²) in [6.07, 6.45) is 1.83. The number of rotatable bonds is 5. The lowest BCUT2D eigenvalue weighted by Gasteiger charge is -2.13. The molecule has 5 heteroatoms. The van der Waals surface area contributed by atoms with Gasteiger partial charge in [-0.25, -0.2) is 4.39 Å². The van der Waals surface area contributed by atoms with E-state index in [-0.39, 0.29) is 18.2 Å². The smallest absolute Gasteiger partial charge is 0.320 e. The van der Waals surface area contributed by atoms with Gasteiger partial charge in [0.1, 0.15) is 17.6 Å². The summed E-state index contributed by atoms with van der Waals surface area (Å²) >= 11 is 0. The molecule has 1 aromatic carbocycles. The van der Waals surface area contributed by atoms with E-state index >= 15 is 0 Å². The zero-order valence-corrected chi connectivity index (χ0v) is 9.19. The van der Waals surface area contributed by atoms with Crippen LogP contribution >= 0.6 is 0 Å². The second kappa shape index (κ2) is 4.71. The third-order valence-electron chi connectivity index (χ3n) is 2.83. The number of benzene rings is 1. The van der Waals surface area contributed by atoms with Crippen molar-refractivity contribution in [2.75, 3.05) is 0 Å². The molecular weight excluding hydrogens is 225 g/mol. The van der Waals surface area contributed by atoms with Crippen LogP contribution in [-0.2, 0) is 11.3 Å². The number of hydrogen-bond acceptors (Lipinski definition) is 3. The number of carboxylic acids is 1. The zero-order chi connectivity index (χ0) is 12.4. The fourth-order valence-electron chi connectivity index (χ4n) is 1.85. The summed E-state index contributed by atoms with van der Waals surface area (Å²) in [7, 11) is 0. The van der Waals surface area contributed by atoms with Gasteiger partial charge in [0.15, 0.2) is 0 Å². The number of halogens is 1.